The lowest BCUT2D eigenvalue weighted by Gasteiger charge is -2.26. The van der Waals surface area contributed by atoms with E-state index in [2.05, 4.69) is 17.1 Å². The first kappa shape index (κ1) is 27.2. The number of aliphatic carboxylic acids is 2. The van der Waals surface area contributed by atoms with Crippen LogP contribution in [0.5, 0.6) is 0 Å². The quantitative estimate of drug-likeness (QED) is 0.308. The number of ether oxygens (including phenoxy) is 1. The third-order valence-corrected chi connectivity index (χ3v) is 4.78. The van der Waals surface area contributed by atoms with Crippen LogP contribution in [0.2, 0.25) is 0 Å². The van der Waals surface area contributed by atoms with E-state index in [1.165, 1.54) is 77.4 Å². The van der Waals surface area contributed by atoms with Gasteiger partial charge in [-0.1, -0.05) is 45.4 Å². The third-order valence-electron chi connectivity index (χ3n) is 4.78. The monoisotopic (exact) mass is 416 g/mol. The molecule has 3 N–H and O–H groups in total. The molecule has 0 aliphatic carbocycles. The van der Waals surface area contributed by atoms with E-state index < -0.39 is 11.9 Å². The van der Waals surface area contributed by atoms with Crippen LogP contribution in [-0.4, -0.2) is 65.9 Å². The minimum Gasteiger partial charge on any atom is -0.473 e. The van der Waals surface area contributed by atoms with Gasteiger partial charge >= 0.3 is 18.0 Å². The maximum absolute atomic E-state index is 11.5. The molecule has 0 unspecified atom stereocenters. The van der Waals surface area contributed by atoms with Gasteiger partial charge in [0.2, 0.25) is 0 Å². The zero-order valence-corrected chi connectivity index (χ0v) is 18.0. The van der Waals surface area contributed by atoms with E-state index in [9.17, 15) is 4.79 Å². The molecule has 0 aromatic carbocycles. The molecule has 0 saturated carbocycles. The van der Waals surface area contributed by atoms with Crippen molar-refractivity contribution < 1.29 is 29.3 Å². The Morgan fingerprint density at radius 3 is 2.03 bits per heavy atom. The number of hydrogen-bond acceptors (Lipinski definition) is 5. The maximum atomic E-state index is 11.5. The number of alkyl carbamates (subject to hydrolysis) is 1. The highest BCUT2D eigenvalue weighted by molar-refractivity contribution is 6.27. The lowest BCUT2D eigenvalue weighted by molar-refractivity contribution is -0.159. The number of carboxylic acid groups (broad SMARTS) is 2. The van der Waals surface area contributed by atoms with E-state index in [4.69, 9.17) is 24.5 Å². The SMILES string of the molecule is CCCCCCCCNC(=O)OCCCCCN1CCCCC1.O=C(O)C(=O)O. The topological polar surface area (TPSA) is 116 Å². The second-order valence-corrected chi connectivity index (χ2v) is 7.40. The molecule has 1 rings (SSSR count). The minimum atomic E-state index is -1.82. The Kier molecular flexibility index (Phi) is 18.3. The molecular weight excluding hydrogens is 376 g/mol. The van der Waals surface area contributed by atoms with E-state index in [-0.39, 0.29) is 6.09 Å². The average molecular weight is 417 g/mol. The Balaban J connectivity index is 0.00000113. The van der Waals surface area contributed by atoms with E-state index in [0.29, 0.717) is 6.61 Å². The van der Waals surface area contributed by atoms with Crippen LogP contribution in [0, 0.1) is 0 Å². The summed E-state index contributed by atoms with van der Waals surface area (Å²) >= 11 is 0. The van der Waals surface area contributed by atoms with E-state index in [0.717, 1.165) is 25.8 Å². The number of likely N-dealkylation sites (tertiary alicyclic amines) is 1. The molecule has 0 radical (unpaired) electrons. The third kappa shape index (κ3) is 19.3. The molecule has 8 nitrogen and oxygen atoms in total. The van der Waals surface area contributed by atoms with Crippen molar-refractivity contribution in [2.45, 2.75) is 84.0 Å². The summed E-state index contributed by atoms with van der Waals surface area (Å²) in [5, 5.41) is 17.6. The van der Waals surface area contributed by atoms with Crippen molar-refractivity contribution in [3.05, 3.63) is 0 Å². The van der Waals surface area contributed by atoms with Gasteiger partial charge in [0.1, 0.15) is 0 Å². The molecule has 1 heterocycles. The molecule has 1 aliphatic heterocycles. The number of unbranched alkanes of at least 4 members (excludes halogenated alkanes) is 7. The van der Waals surface area contributed by atoms with Gasteiger partial charge in [-0.3, -0.25) is 0 Å². The van der Waals surface area contributed by atoms with Crippen molar-refractivity contribution in [2.75, 3.05) is 32.8 Å². The van der Waals surface area contributed by atoms with Gasteiger partial charge < -0.3 is 25.2 Å². The van der Waals surface area contributed by atoms with Crippen molar-refractivity contribution in [1.82, 2.24) is 10.2 Å². The number of carbonyl (C=O) groups excluding carboxylic acids is 1. The molecule has 29 heavy (non-hydrogen) atoms. The molecule has 0 aromatic heterocycles. The van der Waals surface area contributed by atoms with E-state index in [1.54, 1.807) is 0 Å². The highest BCUT2D eigenvalue weighted by atomic mass is 16.5. The molecule has 170 valence electrons. The largest absolute Gasteiger partial charge is 0.473 e. The number of carboxylic acids is 2. The fraction of sp³-hybridized carbons (Fsp3) is 0.857. The van der Waals surface area contributed by atoms with Crippen LogP contribution in [0.25, 0.3) is 0 Å². The molecule has 8 heteroatoms. The van der Waals surface area contributed by atoms with Gasteiger partial charge in [0.15, 0.2) is 0 Å². The predicted octanol–water partition coefficient (Wildman–Crippen LogP) is 3.88. The normalized spacial score (nSPS) is 13.8. The van der Waals surface area contributed by atoms with Crippen LogP contribution < -0.4 is 5.32 Å². The lowest BCUT2D eigenvalue weighted by Crippen LogP contribution is -2.30. The van der Waals surface area contributed by atoms with Crippen molar-refractivity contribution in [3.8, 4) is 0 Å². The second-order valence-electron chi connectivity index (χ2n) is 7.40. The first-order valence-electron chi connectivity index (χ1n) is 11.1. The number of rotatable bonds is 13. The smallest absolute Gasteiger partial charge is 0.414 e. The molecule has 1 amide bonds. The van der Waals surface area contributed by atoms with Crippen molar-refractivity contribution in [1.29, 1.82) is 0 Å². The van der Waals surface area contributed by atoms with E-state index in [1.807, 2.05) is 0 Å². The Morgan fingerprint density at radius 2 is 1.41 bits per heavy atom. The fourth-order valence-electron chi connectivity index (χ4n) is 3.11. The Hall–Kier alpha value is -1.83. The summed E-state index contributed by atoms with van der Waals surface area (Å²) in [7, 11) is 0. The number of hydrogen-bond donors (Lipinski definition) is 3. The number of amides is 1. The van der Waals surface area contributed by atoms with Gasteiger partial charge in [-0.05, 0) is 58.2 Å². The Labute approximate surface area is 175 Å². The predicted molar refractivity (Wildman–Crippen MR) is 112 cm³/mol. The Bertz CT molecular complexity index is 427. The molecule has 1 saturated heterocycles. The number of piperidine rings is 1. The van der Waals surface area contributed by atoms with Crippen LogP contribution in [0.4, 0.5) is 4.79 Å². The van der Waals surface area contributed by atoms with Gasteiger partial charge in [-0.25, -0.2) is 14.4 Å². The summed E-state index contributed by atoms with van der Waals surface area (Å²) in [6.07, 6.45) is 14.7. The average Bonchev–Trinajstić information content (AvgIpc) is 2.71. The molecule has 0 aromatic rings. The summed E-state index contributed by atoms with van der Waals surface area (Å²) in [4.78, 5) is 32.3. The van der Waals surface area contributed by atoms with Gasteiger partial charge in [0.05, 0.1) is 6.61 Å². The van der Waals surface area contributed by atoms with Gasteiger partial charge in [0.25, 0.3) is 0 Å². The first-order valence-corrected chi connectivity index (χ1v) is 11.1. The number of carbonyl (C=O) groups is 3. The molecule has 1 fully saturated rings. The van der Waals surface area contributed by atoms with Crippen LogP contribution in [-0.2, 0) is 14.3 Å². The lowest BCUT2D eigenvalue weighted by atomic mass is 10.1. The van der Waals surface area contributed by atoms with Crippen LogP contribution >= 0.6 is 0 Å². The highest BCUT2D eigenvalue weighted by Crippen LogP contribution is 2.10. The molecular formula is C21H40N2O6. The zero-order chi connectivity index (χ0) is 21.7. The summed E-state index contributed by atoms with van der Waals surface area (Å²) in [6.45, 7) is 7.30. The summed E-state index contributed by atoms with van der Waals surface area (Å²) < 4.78 is 5.22. The summed E-state index contributed by atoms with van der Waals surface area (Å²) in [5.41, 5.74) is 0. The number of nitrogens with one attached hydrogen (secondary N) is 1. The first-order chi connectivity index (χ1) is 14.0. The van der Waals surface area contributed by atoms with Crippen LogP contribution in [0.3, 0.4) is 0 Å². The number of nitrogens with zero attached hydrogens (tertiary/aromatic N) is 1. The molecule has 1 aliphatic rings. The van der Waals surface area contributed by atoms with Crippen molar-refractivity contribution in [2.24, 2.45) is 0 Å². The summed E-state index contributed by atoms with van der Waals surface area (Å²) in [6, 6.07) is 0. The molecule has 0 atom stereocenters. The van der Waals surface area contributed by atoms with Gasteiger partial charge in [-0.2, -0.15) is 0 Å². The van der Waals surface area contributed by atoms with Gasteiger partial charge in [-0.15, -0.1) is 0 Å². The minimum absolute atomic E-state index is 0.241. The van der Waals surface area contributed by atoms with Crippen molar-refractivity contribution >= 4 is 18.0 Å². The maximum Gasteiger partial charge on any atom is 0.414 e. The summed E-state index contributed by atoms with van der Waals surface area (Å²) in [5.74, 6) is -3.65. The van der Waals surface area contributed by atoms with E-state index >= 15 is 0 Å². The Morgan fingerprint density at radius 1 is 0.828 bits per heavy atom. The van der Waals surface area contributed by atoms with Crippen LogP contribution in [0.1, 0.15) is 84.0 Å². The second kappa shape index (κ2) is 19.5. The van der Waals surface area contributed by atoms with Gasteiger partial charge in [0, 0.05) is 6.54 Å². The molecule has 0 bridgehead atoms. The van der Waals surface area contributed by atoms with Crippen molar-refractivity contribution in [3.63, 3.8) is 0 Å². The highest BCUT2D eigenvalue weighted by Gasteiger charge is 2.09. The standard InChI is InChI=1S/C19H38N2O2.C2H2O4/c1-2-3-4-5-6-9-14-20-19(22)23-18-13-8-12-17-21-15-10-7-11-16-21;3-1(4)2(5)6/h2-18H2,1H3,(H,20,22);(H,3,4)(H,5,6). The zero-order valence-electron chi connectivity index (χ0n) is 18.0. The molecule has 0 spiro atoms. The fourth-order valence-corrected chi connectivity index (χ4v) is 3.11. The van der Waals surface area contributed by atoms with Crippen LogP contribution in [0.15, 0.2) is 0 Å².